The van der Waals surface area contributed by atoms with Crippen LogP contribution >= 0.6 is 0 Å². The van der Waals surface area contributed by atoms with E-state index in [-0.39, 0.29) is 6.61 Å². The Morgan fingerprint density at radius 3 is 2.82 bits per heavy atom. The monoisotopic (exact) mass is 306 g/mol. The second-order valence-corrected chi connectivity index (χ2v) is 5.82. The van der Waals surface area contributed by atoms with Crippen molar-refractivity contribution < 1.29 is 24.2 Å². The summed E-state index contributed by atoms with van der Waals surface area (Å²) in [4.78, 5) is 23.0. The summed E-state index contributed by atoms with van der Waals surface area (Å²) in [5.74, 6) is -0.872. The first kappa shape index (κ1) is 16.5. The number of hydrogen-bond donors (Lipinski definition) is 1. The van der Waals surface area contributed by atoms with Gasteiger partial charge in [0.1, 0.15) is 12.7 Å². The van der Waals surface area contributed by atoms with Gasteiger partial charge in [0.2, 0.25) is 0 Å². The molecule has 1 aliphatic heterocycles. The van der Waals surface area contributed by atoms with Crippen LogP contribution in [0.5, 0.6) is 0 Å². The fraction of sp³-hybridized carbons (Fsp3) is 0.529. The molecule has 1 N–H and O–H groups in total. The van der Waals surface area contributed by atoms with Gasteiger partial charge < -0.3 is 14.6 Å². The van der Waals surface area contributed by atoms with Crippen molar-refractivity contribution in [3.8, 4) is 0 Å². The second kappa shape index (κ2) is 6.92. The molecule has 22 heavy (non-hydrogen) atoms. The van der Waals surface area contributed by atoms with Crippen LogP contribution in [0.4, 0.5) is 0 Å². The predicted molar refractivity (Wildman–Crippen MR) is 80.9 cm³/mol. The molecule has 2 aliphatic rings. The average molecular weight is 306 g/mol. The third kappa shape index (κ3) is 3.85. The third-order valence-corrected chi connectivity index (χ3v) is 4.05. The molecule has 2 atom stereocenters. The van der Waals surface area contributed by atoms with Crippen molar-refractivity contribution in [2.75, 3.05) is 6.61 Å². The van der Waals surface area contributed by atoms with E-state index in [9.17, 15) is 14.7 Å². The number of fused-ring (bicyclic) bond motifs is 1. The van der Waals surface area contributed by atoms with Crippen LogP contribution in [0.1, 0.15) is 40.0 Å². The predicted octanol–water partition coefficient (Wildman–Crippen LogP) is 2.21. The summed E-state index contributed by atoms with van der Waals surface area (Å²) in [6, 6.07) is 0. The zero-order valence-electron chi connectivity index (χ0n) is 13.2. The number of carbonyl (C=O) groups excluding carboxylic acids is 2. The van der Waals surface area contributed by atoms with Crippen molar-refractivity contribution >= 4 is 11.9 Å². The Bertz CT molecular complexity index is 568. The normalized spacial score (nSPS) is 30.6. The Labute approximate surface area is 130 Å². The summed E-state index contributed by atoms with van der Waals surface area (Å²) in [6.45, 7) is 5.08. The van der Waals surface area contributed by atoms with Crippen molar-refractivity contribution in [3.63, 3.8) is 0 Å². The SMILES string of the molecule is CC(=O)OCC1=C2CC/C(C)=C\C[C@@H](O)/C(C)=C\C2OC1=O. The van der Waals surface area contributed by atoms with Gasteiger partial charge in [0, 0.05) is 6.92 Å². The first-order chi connectivity index (χ1) is 10.4. The molecule has 2 rings (SSSR count). The van der Waals surface area contributed by atoms with Crippen LogP contribution < -0.4 is 0 Å². The zero-order valence-corrected chi connectivity index (χ0v) is 13.2. The lowest BCUT2D eigenvalue weighted by molar-refractivity contribution is -0.142. The van der Waals surface area contributed by atoms with Crippen molar-refractivity contribution in [2.45, 2.75) is 52.2 Å². The molecule has 0 amide bonds. The average Bonchev–Trinajstić information content (AvgIpc) is 2.74. The first-order valence-corrected chi connectivity index (χ1v) is 7.46. The van der Waals surface area contributed by atoms with Gasteiger partial charge >= 0.3 is 11.9 Å². The molecular formula is C17H22O5. The van der Waals surface area contributed by atoms with Crippen LogP contribution in [-0.2, 0) is 19.1 Å². The molecule has 0 fully saturated rings. The van der Waals surface area contributed by atoms with E-state index < -0.39 is 24.1 Å². The van der Waals surface area contributed by atoms with Crippen LogP contribution in [0, 0.1) is 0 Å². The number of aliphatic hydroxyl groups excluding tert-OH is 1. The fourth-order valence-corrected chi connectivity index (χ4v) is 2.60. The fourth-order valence-electron chi connectivity index (χ4n) is 2.60. The molecule has 5 heteroatoms. The standard InChI is InChI=1S/C17H22O5/c1-10-4-6-13-14(9-21-12(3)18)17(20)22-16(13)8-11(2)15(19)7-5-10/h5,8,15-16,19H,4,6-7,9H2,1-3H3/b10-5-,11-8-/t15-,16?/m1/s1. The molecule has 0 radical (unpaired) electrons. The maximum absolute atomic E-state index is 12.0. The van der Waals surface area contributed by atoms with E-state index in [0.717, 1.165) is 23.1 Å². The lowest BCUT2D eigenvalue weighted by Gasteiger charge is -2.17. The van der Waals surface area contributed by atoms with Gasteiger partial charge in [0.05, 0.1) is 11.7 Å². The van der Waals surface area contributed by atoms with Gasteiger partial charge in [-0.25, -0.2) is 4.79 Å². The summed E-state index contributed by atoms with van der Waals surface area (Å²) in [5.41, 5.74) is 3.20. The van der Waals surface area contributed by atoms with E-state index in [0.29, 0.717) is 18.4 Å². The second-order valence-electron chi connectivity index (χ2n) is 5.82. The number of aliphatic hydroxyl groups is 1. The van der Waals surface area contributed by atoms with Crippen molar-refractivity contribution in [2.24, 2.45) is 0 Å². The number of ether oxygens (including phenoxy) is 2. The van der Waals surface area contributed by atoms with Gasteiger partial charge in [-0.05, 0) is 50.3 Å². The molecule has 5 nitrogen and oxygen atoms in total. The van der Waals surface area contributed by atoms with Gasteiger partial charge in [-0.3, -0.25) is 4.79 Å². The smallest absolute Gasteiger partial charge is 0.338 e. The molecule has 120 valence electrons. The Morgan fingerprint density at radius 1 is 1.41 bits per heavy atom. The van der Waals surface area contributed by atoms with Crippen LogP contribution in [0.2, 0.25) is 0 Å². The summed E-state index contributed by atoms with van der Waals surface area (Å²) >= 11 is 0. The highest BCUT2D eigenvalue weighted by Crippen LogP contribution is 2.31. The first-order valence-electron chi connectivity index (χ1n) is 7.46. The largest absolute Gasteiger partial charge is 0.461 e. The minimum absolute atomic E-state index is 0.0573. The molecule has 0 saturated heterocycles. The highest BCUT2D eigenvalue weighted by Gasteiger charge is 2.33. The molecule has 1 aliphatic carbocycles. The maximum atomic E-state index is 12.0. The van der Waals surface area contributed by atoms with E-state index in [2.05, 4.69) is 0 Å². The van der Waals surface area contributed by atoms with E-state index >= 15 is 0 Å². The topological polar surface area (TPSA) is 72.8 Å². The molecule has 0 bridgehead atoms. The quantitative estimate of drug-likeness (QED) is 0.625. The molecule has 0 saturated carbocycles. The van der Waals surface area contributed by atoms with Gasteiger partial charge in [-0.15, -0.1) is 0 Å². The van der Waals surface area contributed by atoms with Gasteiger partial charge in [0.15, 0.2) is 0 Å². The minimum Gasteiger partial charge on any atom is -0.461 e. The molecule has 0 aromatic heterocycles. The van der Waals surface area contributed by atoms with Crippen LogP contribution in [-0.4, -0.2) is 35.9 Å². The van der Waals surface area contributed by atoms with Crippen molar-refractivity contribution in [1.29, 1.82) is 0 Å². The third-order valence-electron chi connectivity index (χ3n) is 4.05. The highest BCUT2D eigenvalue weighted by molar-refractivity contribution is 5.93. The Morgan fingerprint density at radius 2 is 2.14 bits per heavy atom. The van der Waals surface area contributed by atoms with E-state index in [1.807, 2.05) is 19.9 Å². The summed E-state index contributed by atoms with van der Waals surface area (Å²) in [7, 11) is 0. The maximum Gasteiger partial charge on any atom is 0.338 e. The summed E-state index contributed by atoms with van der Waals surface area (Å²) in [6.07, 6.45) is 4.78. The number of carbonyl (C=O) groups is 2. The number of allylic oxidation sites excluding steroid dienone is 1. The van der Waals surface area contributed by atoms with Gasteiger partial charge in [-0.2, -0.15) is 0 Å². The van der Waals surface area contributed by atoms with Crippen molar-refractivity contribution in [3.05, 3.63) is 34.4 Å². The molecule has 0 aromatic rings. The van der Waals surface area contributed by atoms with E-state index in [4.69, 9.17) is 9.47 Å². The van der Waals surface area contributed by atoms with Crippen LogP contribution in [0.15, 0.2) is 34.4 Å². The molecule has 1 unspecified atom stereocenters. The van der Waals surface area contributed by atoms with Crippen LogP contribution in [0.3, 0.4) is 0 Å². The summed E-state index contributed by atoms with van der Waals surface area (Å²) < 4.78 is 10.4. The van der Waals surface area contributed by atoms with Crippen molar-refractivity contribution in [1.82, 2.24) is 0 Å². The van der Waals surface area contributed by atoms with Gasteiger partial charge in [-0.1, -0.05) is 11.6 Å². The molecule has 1 heterocycles. The Hall–Kier alpha value is -1.88. The Balaban J connectivity index is 2.34. The number of rotatable bonds is 2. The lowest BCUT2D eigenvalue weighted by atomic mass is 9.93. The highest BCUT2D eigenvalue weighted by atomic mass is 16.6. The van der Waals surface area contributed by atoms with Gasteiger partial charge in [0.25, 0.3) is 0 Å². The molecular weight excluding hydrogens is 284 g/mol. The number of esters is 2. The minimum atomic E-state index is -0.578. The zero-order chi connectivity index (χ0) is 16.3. The number of hydrogen-bond acceptors (Lipinski definition) is 5. The van der Waals surface area contributed by atoms with E-state index in [1.165, 1.54) is 6.92 Å². The van der Waals surface area contributed by atoms with Crippen LogP contribution in [0.25, 0.3) is 0 Å². The molecule has 0 spiro atoms. The summed E-state index contributed by atoms with van der Waals surface area (Å²) in [5, 5.41) is 10.1. The van der Waals surface area contributed by atoms with E-state index in [1.54, 1.807) is 6.08 Å². The lowest BCUT2D eigenvalue weighted by Crippen LogP contribution is -2.15. The molecule has 0 aromatic carbocycles. The Kier molecular flexibility index (Phi) is 5.19.